The zero-order valence-corrected chi connectivity index (χ0v) is 16.0. The van der Waals surface area contributed by atoms with Gasteiger partial charge in [0.05, 0.1) is 7.11 Å². The minimum atomic E-state index is -0.763. The van der Waals surface area contributed by atoms with Gasteiger partial charge in [0.2, 0.25) is 0 Å². The lowest BCUT2D eigenvalue weighted by molar-refractivity contribution is -0.216. The predicted molar refractivity (Wildman–Crippen MR) is 98.0 cm³/mol. The van der Waals surface area contributed by atoms with Crippen LogP contribution in [0.4, 0.5) is 0 Å². The number of rotatable bonds is 11. The monoisotopic (exact) mass is 352 g/mol. The van der Waals surface area contributed by atoms with Gasteiger partial charge >= 0.3 is 5.97 Å². The van der Waals surface area contributed by atoms with Crippen molar-refractivity contribution >= 4 is 5.97 Å². The molecule has 0 heterocycles. The Balaban J connectivity index is 3.58. The molecule has 0 aliphatic carbocycles. The second-order valence-electron chi connectivity index (χ2n) is 6.36. The third-order valence-electron chi connectivity index (χ3n) is 4.48. The molecule has 1 aromatic carbocycles. The highest BCUT2D eigenvalue weighted by atomic mass is 17.2. The number of carbonyl (C=O) groups is 1. The molecule has 25 heavy (non-hydrogen) atoms. The Labute approximate surface area is 150 Å². The molecular weight excluding hydrogens is 320 g/mol. The van der Waals surface area contributed by atoms with Crippen LogP contribution in [0.25, 0.3) is 0 Å². The maximum atomic E-state index is 12.3. The number of aromatic hydroxyl groups is 2. The number of unbranched alkanes of at least 4 members (excludes halogenated alkanes) is 3. The lowest BCUT2D eigenvalue weighted by atomic mass is 9.86. The minimum Gasteiger partial charge on any atom is -0.504 e. The average molecular weight is 352 g/mol. The van der Waals surface area contributed by atoms with Crippen LogP contribution in [0, 0.1) is 0 Å². The van der Waals surface area contributed by atoms with Crippen LogP contribution in [0.3, 0.4) is 0 Å². The molecule has 5 nitrogen and oxygen atoms in total. The first-order valence-corrected chi connectivity index (χ1v) is 9.36. The number of hydrogen-bond donors (Lipinski definition) is 2. The minimum absolute atomic E-state index is 0.0409. The van der Waals surface area contributed by atoms with Gasteiger partial charge in [0.1, 0.15) is 5.56 Å². The molecule has 142 valence electrons. The summed E-state index contributed by atoms with van der Waals surface area (Å²) < 4.78 is 0. The van der Waals surface area contributed by atoms with E-state index in [2.05, 4.69) is 30.5 Å². The van der Waals surface area contributed by atoms with Crippen molar-refractivity contribution in [3.05, 3.63) is 22.3 Å². The van der Waals surface area contributed by atoms with Crippen LogP contribution in [-0.2, 0) is 29.0 Å². The van der Waals surface area contributed by atoms with Crippen LogP contribution in [-0.4, -0.2) is 23.3 Å². The molecule has 0 saturated carbocycles. The van der Waals surface area contributed by atoms with E-state index in [1.807, 2.05) is 0 Å². The fourth-order valence-corrected chi connectivity index (χ4v) is 3.13. The largest absolute Gasteiger partial charge is 0.504 e. The number of phenolic OH excluding ortho intramolecular Hbond substituents is 2. The predicted octanol–water partition coefficient (Wildman–Crippen LogP) is 4.84. The number of hydrogen-bond acceptors (Lipinski definition) is 5. The SMILES string of the molecule is CCCCc1c(O)c(O)c(C(=O)OOC)c(CCCC)c1CCCC. The highest BCUT2D eigenvalue weighted by Gasteiger charge is 2.28. The maximum Gasteiger partial charge on any atom is 0.377 e. The second-order valence-corrected chi connectivity index (χ2v) is 6.36. The third-order valence-corrected chi connectivity index (χ3v) is 4.48. The summed E-state index contributed by atoms with van der Waals surface area (Å²) >= 11 is 0. The first kappa shape index (κ1) is 21.3. The first-order chi connectivity index (χ1) is 12.0. The smallest absolute Gasteiger partial charge is 0.377 e. The van der Waals surface area contributed by atoms with Crippen LogP contribution in [0.2, 0.25) is 0 Å². The quantitative estimate of drug-likeness (QED) is 0.338. The van der Waals surface area contributed by atoms with E-state index in [-0.39, 0.29) is 17.1 Å². The Morgan fingerprint density at radius 2 is 1.28 bits per heavy atom. The summed E-state index contributed by atoms with van der Waals surface area (Å²) in [6, 6.07) is 0. The highest BCUT2D eigenvalue weighted by Crippen LogP contribution is 2.41. The van der Waals surface area contributed by atoms with Gasteiger partial charge in [0.15, 0.2) is 11.5 Å². The lowest BCUT2D eigenvalue weighted by Gasteiger charge is -2.21. The molecule has 0 aliphatic rings. The molecule has 1 rings (SSSR count). The standard InChI is InChI=1S/C20H32O5/c1-5-8-11-14-15(12-9-6-2)17(20(23)25-24-4)19(22)18(21)16(14)13-10-7-3/h21-22H,5-13H2,1-4H3. The van der Waals surface area contributed by atoms with Crippen LogP contribution in [0.1, 0.15) is 86.3 Å². The molecule has 0 radical (unpaired) electrons. The van der Waals surface area contributed by atoms with Crippen LogP contribution in [0.5, 0.6) is 11.5 Å². The first-order valence-electron chi connectivity index (χ1n) is 9.36. The van der Waals surface area contributed by atoms with Crippen LogP contribution in [0.15, 0.2) is 0 Å². The zero-order chi connectivity index (χ0) is 18.8. The molecule has 0 atom stereocenters. The van der Waals surface area contributed by atoms with E-state index < -0.39 is 5.97 Å². The van der Waals surface area contributed by atoms with Crippen molar-refractivity contribution in [1.29, 1.82) is 0 Å². The van der Waals surface area contributed by atoms with E-state index >= 15 is 0 Å². The Hall–Kier alpha value is -1.75. The lowest BCUT2D eigenvalue weighted by Crippen LogP contribution is -2.13. The summed E-state index contributed by atoms with van der Waals surface area (Å²) in [5, 5.41) is 21.1. The van der Waals surface area contributed by atoms with Gasteiger partial charge in [-0.1, -0.05) is 40.0 Å². The maximum absolute atomic E-state index is 12.3. The van der Waals surface area contributed by atoms with Crippen molar-refractivity contribution < 1.29 is 24.8 Å². The molecule has 1 aromatic rings. The van der Waals surface area contributed by atoms with E-state index in [1.54, 1.807) is 0 Å². The average Bonchev–Trinajstić information content (AvgIpc) is 2.60. The van der Waals surface area contributed by atoms with Gasteiger partial charge in [-0.15, -0.1) is 0 Å². The Morgan fingerprint density at radius 1 is 0.800 bits per heavy atom. The molecule has 0 spiro atoms. The molecule has 0 bridgehead atoms. The van der Waals surface area contributed by atoms with Crippen molar-refractivity contribution in [3.8, 4) is 11.5 Å². The van der Waals surface area contributed by atoms with Gasteiger partial charge in [0.25, 0.3) is 0 Å². The fraction of sp³-hybridized carbons (Fsp3) is 0.650. The molecule has 0 aliphatic heterocycles. The molecule has 2 N–H and O–H groups in total. The summed E-state index contributed by atoms with van der Waals surface area (Å²) in [5.41, 5.74) is 2.59. The van der Waals surface area contributed by atoms with E-state index in [1.165, 1.54) is 7.11 Å². The van der Waals surface area contributed by atoms with Crippen LogP contribution < -0.4 is 0 Å². The summed E-state index contributed by atoms with van der Waals surface area (Å²) in [4.78, 5) is 21.5. The molecular formula is C20H32O5. The Morgan fingerprint density at radius 3 is 1.76 bits per heavy atom. The van der Waals surface area contributed by atoms with Gasteiger partial charge in [-0.25, -0.2) is 4.79 Å². The molecule has 0 aromatic heterocycles. The topological polar surface area (TPSA) is 76.0 Å². The number of carbonyl (C=O) groups excluding carboxylic acids is 1. The number of benzene rings is 1. The second kappa shape index (κ2) is 11.0. The van der Waals surface area contributed by atoms with Crippen molar-refractivity contribution in [2.45, 2.75) is 78.6 Å². The van der Waals surface area contributed by atoms with Crippen molar-refractivity contribution in [1.82, 2.24) is 0 Å². The van der Waals surface area contributed by atoms with Gasteiger partial charge < -0.3 is 10.2 Å². The van der Waals surface area contributed by atoms with Crippen molar-refractivity contribution in [2.24, 2.45) is 0 Å². The van der Waals surface area contributed by atoms with Crippen molar-refractivity contribution in [3.63, 3.8) is 0 Å². The normalized spacial score (nSPS) is 10.9. The number of phenols is 2. The van der Waals surface area contributed by atoms with Crippen LogP contribution >= 0.6 is 0 Å². The van der Waals surface area contributed by atoms with E-state index in [0.717, 1.165) is 61.6 Å². The summed E-state index contributed by atoms with van der Waals surface area (Å²) in [5.74, 6) is -1.34. The Bertz CT molecular complexity index is 566. The van der Waals surface area contributed by atoms with E-state index in [0.29, 0.717) is 12.8 Å². The van der Waals surface area contributed by atoms with Gasteiger partial charge in [-0.3, -0.25) is 4.89 Å². The summed E-state index contributed by atoms with van der Waals surface area (Å²) in [6.45, 7) is 6.28. The molecule has 5 heteroatoms. The van der Waals surface area contributed by atoms with E-state index in [9.17, 15) is 15.0 Å². The third kappa shape index (κ3) is 5.36. The summed E-state index contributed by atoms with van der Waals surface area (Å²) in [6.07, 6.45) is 7.87. The Kier molecular flexibility index (Phi) is 9.35. The molecule has 0 amide bonds. The van der Waals surface area contributed by atoms with Gasteiger partial charge in [0, 0.05) is 5.56 Å². The molecule has 0 saturated heterocycles. The van der Waals surface area contributed by atoms with Crippen molar-refractivity contribution in [2.75, 3.05) is 7.11 Å². The van der Waals surface area contributed by atoms with E-state index in [4.69, 9.17) is 0 Å². The highest BCUT2D eigenvalue weighted by molar-refractivity contribution is 5.95. The molecule has 0 unspecified atom stereocenters. The summed E-state index contributed by atoms with van der Waals surface area (Å²) in [7, 11) is 1.24. The zero-order valence-electron chi connectivity index (χ0n) is 16.0. The fourth-order valence-electron chi connectivity index (χ4n) is 3.13. The van der Waals surface area contributed by atoms with Gasteiger partial charge in [-0.05, 0) is 49.7 Å². The van der Waals surface area contributed by atoms with Gasteiger partial charge in [-0.2, -0.15) is 4.89 Å². The molecule has 0 fully saturated rings.